The maximum atomic E-state index is 12.7. The summed E-state index contributed by atoms with van der Waals surface area (Å²) in [6.45, 7) is 1.90. The molecule has 1 aliphatic carbocycles. The number of amides is 1. The molecule has 0 heterocycles. The third-order valence-corrected chi connectivity index (χ3v) is 8.54. The molecule has 0 aliphatic heterocycles. The molecule has 1 amide bonds. The van der Waals surface area contributed by atoms with Gasteiger partial charge in [0.2, 0.25) is 5.91 Å². The van der Waals surface area contributed by atoms with Crippen molar-refractivity contribution in [2.75, 3.05) is 15.8 Å². The van der Waals surface area contributed by atoms with E-state index < -0.39 is 10.0 Å². The van der Waals surface area contributed by atoms with Crippen molar-refractivity contribution in [2.24, 2.45) is 0 Å². The number of fused-ring (bicyclic) bond motifs is 3. The summed E-state index contributed by atoms with van der Waals surface area (Å²) in [5.41, 5.74) is 6.91. The highest BCUT2D eigenvalue weighted by atomic mass is 32.2. The molecule has 0 atom stereocenters. The van der Waals surface area contributed by atoms with Crippen LogP contribution >= 0.6 is 11.8 Å². The number of rotatable bonds is 7. The number of thioether (sulfide) groups is 1. The molecule has 0 radical (unpaired) electrons. The van der Waals surface area contributed by atoms with E-state index in [0.29, 0.717) is 11.4 Å². The minimum Gasteiger partial charge on any atom is -0.325 e. The van der Waals surface area contributed by atoms with Crippen LogP contribution in [-0.2, 0) is 14.8 Å². The molecule has 7 heteroatoms. The van der Waals surface area contributed by atoms with Crippen molar-refractivity contribution in [3.63, 3.8) is 0 Å². The highest BCUT2D eigenvalue weighted by Gasteiger charge is 2.28. The Bertz CT molecular complexity index is 1450. The minimum atomic E-state index is -3.72. The summed E-state index contributed by atoms with van der Waals surface area (Å²) in [5, 5.41) is 2.98. The topological polar surface area (TPSA) is 75.3 Å². The van der Waals surface area contributed by atoms with Crippen LogP contribution in [0.5, 0.6) is 0 Å². The highest BCUT2D eigenvalue weighted by Crippen LogP contribution is 2.49. The minimum absolute atomic E-state index is 0.105. The van der Waals surface area contributed by atoms with E-state index in [-0.39, 0.29) is 21.8 Å². The van der Waals surface area contributed by atoms with Crippen molar-refractivity contribution in [1.29, 1.82) is 0 Å². The Balaban J connectivity index is 1.23. The largest absolute Gasteiger partial charge is 0.325 e. The highest BCUT2D eigenvalue weighted by molar-refractivity contribution is 8.00. The normalized spacial score (nSPS) is 12.6. The predicted octanol–water partition coefficient (Wildman–Crippen LogP) is 6.24. The van der Waals surface area contributed by atoms with Crippen LogP contribution in [0.3, 0.4) is 0 Å². The molecular weight excluding hydrogens is 476 g/mol. The summed E-state index contributed by atoms with van der Waals surface area (Å²) < 4.78 is 28.0. The molecule has 0 unspecified atom stereocenters. The fourth-order valence-corrected chi connectivity index (χ4v) is 6.49. The lowest BCUT2D eigenvalue weighted by Crippen LogP contribution is -2.16. The van der Waals surface area contributed by atoms with Crippen LogP contribution in [0.2, 0.25) is 0 Å². The number of benzene rings is 4. The molecule has 5 nitrogen and oxygen atoms in total. The predicted molar refractivity (Wildman–Crippen MR) is 143 cm³/mol. The van der Waals surface area contributed by atoms with Gasteiger partial charge in [0.15, 0.2) is 0 Å². The maximum Gasteiger partial charge on any atom is 0.261 e. The van der Waals surface area contributed by atoms with E-state index in [2.05, 4.69) is 34.3 Å². The third-order valence-electron chi connectivity index (χ3n) is 5.88. The first-order valence-corrected chi connectivity index (χ1v) is 13.7. The van der Waals surface area contributed by atoms with Gasteiger partial charge >= 0.3 is 0 Å². The van der Waals surface area contributed by atoms with Crippen LogP contribution in [0.15, 0.2) is 102 Å². The average Bonchev–Trinajstić information content (AvgIpc) is 3.17. The summed E-state index contributed by atoms with van der Waals surface area (Å²) in [4.78, 5) is 12.8. The number of carbonyl (C=O) groups is 1. The van der Waals surface area contributed by atoms with Crippen LogP contribution in [0.25, 0.3) is 11.1 Å². The average molecular weight is 501 g/mol. The Morgan fingerprint density at radius 3 is 2.06 bits per heavy atom. The number of sulfonamides is 1. The van der Waals surface area contributed by atoms with Gasteiger partial charge in [0.25, 0.3) is 10.0 Å². The monoisotopic (exact) mass is 500 g/mol. The molecule has 0 spiro atoms. The third kappa shape index (κ3) is 4.97. The van der Waals surface area contributed by atoms with E-state index in [1.807, 2.05) is 37.3 Å². The molecule has 0 bridgehead atoms. The van der Waals surface area contributed by atoms with Gasteiger partial charge in [-0.2, -0.15) is 0 Å². The number of carbonyl (C=O) groups excluding carboxylic acids is 1. The van der Waals surface area contributed by atoms with E-state index in [1.54, 1.807) is 42.1 Å². The van der Waals surface area contributed by atoms with E-state index in [0.717, 1.165) is 5.56 Å². The zero-order chi connectivity index (χ0) is 24.4. The summed E-state index contributed by atoms with van der Waals surface area (Å²) >= 11 is 1.59. The Morgan fingerprint density at radius 2 is 1.43 bits per heavy atom. The van der Waals surface area contributed by atoms with Crippen molar-refractivity contribution in [1.82, 2.24) is 0 Å². The molecule has 2 N–H and O–H groups in total. The number of aryl methyl sites for hydroxylation is 1. The number of hydrogen-bond donors (Lipinski definition) is 2. The van der Waals surface area contributed by atoms with Gasteiger partial charge < -0.3 is 5.32 Å². The van der Waals surface area contributed by atoms with Crippen LogP contribution in [0, 0.1) is 6.92 Å². The van der Waals surface area contributed by atoms with Gasteiger partial charge in [-0.15, -0.1) is 11.8 Å². The van der Waals surface area contributed by atoms with Crippen molar-refractivity contribution >= 4 is 39.1 Å². The molecule has 0 aromatic heterocycles. The van der Waals surface area contributed by atoms with Crippen molar-refractivity contribution in [3.05, 3.63) is 114 Å². The van der Waals surface area contributed by atoms with E-state index in [4.69, 9.17) is 0 Å². The van der Waals surface area contributed by atoms with Crippen LogP contribution < -0.4 is 10.0 Å². The van der Waals surface area contributed by atoms with Gasteiger partial charge in [-0.05, 0) is 71.1 Å². The lowest BCUT2D eigenvalue weighted by Gasteiger charge is -2.13. The van der Waals surface area contributed by atoms with Crippen LogP contribution in [-0.4, -0.2) is 20.1 Å². The molecular formula is C28H24N2O3S2. The van der Waals surface area contributed by atoms with Crippen molar-refractivity contribution in [3.8, 4) is 11.1 Å². The fraction of sp³-hybridized carbons (Fsp3) is 0.107. The second kappa shape index (κ2) is 9.60. The molecule has 4 aromatic rings. The maximum absolute atomic E-state index is 12.7. The SMILES string of the molecule is Cc1cccc(NS(=O)(=O)c2ccc(NC(=O)CSC3c4ccccc4-c4ccccc43)cc2)c1. The Labute approximate surface area is 209 Å². The smallest absolute Gasteiger partial charge is 0.261 e. The first-order valence-electron chi connectivity index (χ1n) is 11.2. The first kappa shape index (κ1) is 23.2. The van der Waals surface area contributed by atoms with E-state index >= 15 is 0 Å². The quantitative estimate of drug-likeness (QED) is 0.315. The molecule has 0 saturated carbocycles. The molecule has 4 aromatic carbocycles. The van der Waals surface area contributed by atoms with Crippen LogP contribution in [0.1, 0.15) is 21.9 Å². The molecule has 1 aliphatic rings. The summed E-state index contributed by atoms with van der Waals surface area (Å²) in [5.74, 6) is 0.146. The van der Waals surface area contributed by atoms with E-state index in [1.165, 1.54) is 34.4 Å². The number of hydrogen-bond acceptors (Lipinski definition) is 4. The van der Waals surface area contributed by atoms with Crippen molar-refractivity contribution < 1.29 is 13.2 Å². The number of nitrogens with one attached hydrogen (secondary N) is 2. The summed E-state index contributed by atoms with van der Waals surface area (Å²) in [6, 6.07) is 30.0. The molecule has 0 fully saturated rings. The Kier molecular flexibility index (Phi) is 6.36. The standard InChI is InChI=1S/C28H24N2O3S2/c1-19-7-6-8-21(17-19)30-35(32,33)22-15-13-20(14-16-22)29-27(31)18-34-28-25-11-4-2-9-23(25)24-10-3-5-12-26(24)28/h2-17,28,30H,18H2,1H3,(H,29,31). The zero-order valence-electron chi connectivity index (χ0n) is 19.1. The van der Waals surface area contributed by atoms with Gasteiger partial charge in [0, 0.05) is 11.4 Å². The van der Waals surface area contributed by atoms with Crippen molar-refractivity contribution in [2.45, 2.75) is 17.1 Å². The Morgan fingerprint density at radius 1 is 0.800 bits per heavy atom. The van der Waals surface area contributed by atoms with Gasteiger partial charge in [-0.1, -0.05) is 60.7 Å². The fourth-order valence-electron chi connectivity index (χ4n) is 4.29. The lowest BCUT2D eigenvalue weighted by atomic mass is 10.1. The summed E-state index contributed by atoms with van der Waals surface area (Å²) in [7, 11) is -3.72. The first-order chi connectivity index (χ1) is 16.9. The molecule has 0 saturated heterocycles. The molecule has 5 rings (SSSR count). The zero-order valence-corrected chi connectivity index (χ0v) is 20.7. The van der Waals surface area contributed by atoms with Gasteiger partial charge in [-0.3, -0.25) is 9.52 Å². The van der Waals surface area contributed by atoms with Gasteiger partial charge in [0.05, 0.1) is 15.9 Å². The van der Waals surface area contributed by atoms with E-state index in [9.17, 15) is 13.2 Å². The lowest BCUT2D eigenvalue weighted by molar-refractivity contribution is -0.113. The van der Waals surface area contributed by atoms with Gasteiger partial charge in [-0.25, -0.2) is 8.42 Å². The molecule has 176 valence electrons. The second-order valence-corrected chi connectivity index (χ2v) is 11.2. The molecule has 35 heavy (non-hydrogen) atoms. The van der Waals surface area contributed by atoms with Gasteiger partial charge in [0.1, 0.15) is 0 Å². The summed E-state index contributed by atoms with van der Waals surface area (Å²) in [6.07, 6.45) is 0. The Hall–Kier alpha value is -3.55. The second-order valence-electron chi connectivity index (χ2n) is 8.41. The van der Waals surface area contributed by atoms with Crippen LogP contribution in [0.4, 0.5) is 11.4 Å². The number of anilines is 2.